The van der Waals surface area contributed by atoms with E-state index in [4.69, 9.17) is 9.47 Å². The first-order valence-electron chi connectivity index (χ1n) is 5.85. The molecule has 1 aromatic carbocycles. The fourth-order valence-electron chi connectivity index (χ4n) is 1.43. The lowest BCUT2D eigenvalue weighted by Crippen LogP contribution is -2.10. The van der Waals surface area contributed by atoms with Crippen LogP contribution in [0.3, 0.4) is 0 Å². The van der Waals surface area contributed by atoms with Crippen LogP contribution in [-0.4, -0.2) is 19.7 Å². The maximum atomic E-state index is 11.4. The smallest absolute Gasteiger partial charge is 0.312 e. The van der Waals surface area contributed by atoms with Crippen molar-refractivity contribution in [2.24, 2.45) is 5.92 Å². The maximum absolute atomic E-state index is 11.4. The third-order valence-corrected chi connectivity index (χ3v) is 2.52. The van der Waals surface area contributed by atoms with Crippen LogP contribution in [0, 0.1) is 5.92 Å². The van der Waals surface area contributed by atoms with Crippen LogP contribution in [0.4, 0.5) is 0 Å². The van der Waals surface area contributed by atoms with Crippen molar-refractivity contribution in [3.63, 3.8) is 0 Å². The summed E-state index contributed by atoms with van der Waals surface area (Å²) in [7, 11) is 1.40. The van der Waals surface area contributed by atoms with Crippen LogP contribution in [0.1, 0.15) is 32.3 Å². The highest BCUT2D eigenvalue weighted by molar-refractivity contribution is 5.77. The average molecular weight is 236 g/mol. The van der Waals surface area contributed by atoms with Crippen molar-refractivity contribution in [1.29, 1.82) is 0 Å². The molecule has 0 aromatic heterocycles. The predicted octanol–water partition coefficient (Wildman–Crippen LogP) is 3.00. The molecule has 1 aromatic rings. The molecule has 0 radical (unpaired) electrons. The van der Waals surface area contributed by atoms with Crippen molar-refractivity contribution in [2.75, 3.05) is 13.7 Å². The maximum Gasteiger partial charge on any atom is 0.312 e. The van der Waals surface area contributed by atoms with Crippen LogP contribution >= 0.6 is 0 Å². The molecule has 0 heterocycles. The number of hydrogen-bond acceptors (Lipinski definition) is 3. The second kappa shape index (κ2) is 6.28. The summed E-state index contributed by atoms with van der Waals surface area (Å²) in [5.74, 6) is 0.878. The number of esters is 1. The highest BCUT2D eigenvalue weighted by Gasteiger charge is 2.15. The van der Waals surface area contributed by atoms with Gasteiger partial charge in [0.1, 0.15) is 5.75 Å². The summed E-state index contributed by atoms with van der Waals surface area (Å²) in [4.78, 5) is 11.4. The van der Waals surface area contributed by atoms with Gasteiger partial charge < -0.3 is 9.47 Å². The molecule has 1 unspecified atom stereocenters. The number of ether oxygens (including phenoxy) is 2. The molecule has 0 fully saturated rings. The van der Waals surface area contributed by atoms with Crippen LogP contribution in [0.2, 0.25) is 0 Å². The molecule has 0 saturated carbocycles. The minimum absolute atomic E-state index is 0.221. The van der Waals surface area contributed by atoms with Gasteiger partial charge in [0.25, 0.3) is 0 Å². The Morgan fingerprint density at radius 2 is 1.76 bits per heavy atom. The predicted molar refractivity (Wildman–Crippen MR) is 67.2 cm³/mol. The zero-order chi connectivity index (χ0) is 12.8. The molecule has 0 saturated heterocycles. The number of methoxy groups -OCH3 is 1. The Balaban J connectivity index is 2.64. The van der Waals surface area contributed by atoms with E-state index >= 15 is 0 Å². The number of carbonyl (C=O) groups excluding carboxylic acids is 1. The van der Waals surface area contributed by atoms with Crippen molar-refractivity contribution in [3.05, 3.63) is 29.8 Å². The van der Waals surface area contributed by atoms with Gasteiger partial charge in [-0.1, -0.05) is 26.0 Å². The number of rotatable bonds is 5. The van der Waals surface area contributed by atoms with E-state index in [0.29, 0.717) is 12.5 Å². The summed E-state index contributed by atoms with van der Waals surface area (Å²) in [6.45, 7) is 6.74. The molecule has 1 rings (SSSR count). The molecule has 3 heteroatoms. The molecule has 17 heavy (non-hydrogen) atoms. The van der Waals surface area contributed by atoms with Crippen LogP contribution in [-0.2, 0) is 9.53 Å². The Bertz CT molecular complexity index is 354. The van der Waals surface area contributed by atoms with Gasteiger partial charge in [0.05, 0.1) is 19.6 Å². The molecular weight excluding hydrogens is 216 g/mol. The Kier molecular flexibility index (Phi) is 5.01. The molecular formula is C14H20O3. The Labute approximate surface area is 103 Å². The standard InChI is InChI=1S/C14H20O3/c1-10(2)9-17-13-7-5-12(6-8-13)11(3)14(15)16-4/h5-8,10-11H,9H2,1-4H3. The van der Waals surface area contributed by atoms with Crippen molar-refractivity contribution >= 4 is 5.97 Å². The quantitative estimate of drug-likeness (QED) is 0.737. The first kappa shape index (κ1) is 13.6. The Hall–Kier alpha value is -1.51. The van der Waals surface area contributed by atoms with Crippen molar-refractivity contribution in [1.82, 2.24) is 0 Å². The normalized spacial score (nSPS) is 12.3. The van der Waals surface area contributed by atoms with Crippen LogP contribution in [0.25, 0.3) is 0 Å². The van der Waals surface area contributed by atoms with E-state index in [9.17, 15) is 4.79 Å². The minimum Gasteiger partial charge on any atom is -0.493 e. The van der Waals surface area contributed by atoms with Crippen molar-refractivity contribution in [2.45, 2.75) is 26.7 Å². The molecule has 0 aliphatic rings. The molecule has 0 bridgehead atoms. The summed E-state index contributed by atoms with van der Waals surface area (Å²) >= 11 is 0. The summed E-state index contributed by atoms with van der Waals surface area (Å²) in [6.07, 6.45) is 0. The largest absolute Gasteiger partial charge is 0.493 e. The van der Waals surface area contributed by atoms with Gasteiger partial charge in [-0.25, -0.2) is 0 Å². The third-order valence-electron chi connectivity index (χ3n) is 2.52. The van der Waals surface area contributed by atoms with Crippen LogP contribution < -0.4 is 4.74 Å². The van der Waals surface area contributed by atoms with E-state index in [1.165, 1.54) is 7.11 Å². The zero-order valence-corrected chi connectivity index (χ0v) is 10.9. The fourth-order valence-corrected chi connectivity index (χ4v) is 1.43. The first-order valence-corrected chi connectivity index (χ1v) is 5.85. The lowest BCUT2D eigenvalue weighted by atomic mass is 10.0. The van der Waals surface area contributed by atoms with E-state index in [0.717, 1.165) is 11.3 Å². The van der Waals surface area contributed by atoms with Crippen LogP contribution in [0.5, 0.6) is 5.75 Å². The van der Waals surface area contributed by atoms with Crippen molar-refractivity contribution < 1.29 is 14.3 Å². The van der Waals surface area contributed by atoms with Crippen molar-refractivity contribution in [3.8, 4) is 5.75 Å². The van der Waals surface area contributed by atoms with E-state index in [-0.39, 0.29) is 11.9 Å². The highest BCUT2D eigenvalue weighted by Crippen LogP contribution is 2.20. The topological polar surface area (TPSA) is 35.5 Å². The SMILES string of the molecule is COC(=O)C(C)c1ccc(OCC(C)C)cc1. The van der Waals surface area contributed by atoms with Gasteiger partial charge in [-0.2, -0.15) is 0 Å². The molecule has 0 spiro atoms. The monoisotopic (exact) mass is 236 g/mol. The molecule has 0 aliphatic heterocycles. The van der Waals surface area contributed by atoms with Gasteiger partial charge >= 0.3 is 5.97 Å². The molecule has 0 amide bonds. The van der Waals surface area contributed by atoms with E-state index in [2.05, 4.69) is 13.8 Å². The summed E-state index contributed by atoms with van der Waals surface area (Å²) < 4.78 is 10.3. The molecule has 1 atom stereocenters. The van der Waals surface area contributed by atoms with E-state index in [1.807, 2.05) is 31.2 Å². The van der Waals surface area contributed by atoms with Gasteiger partial charge in [0, 0.05) is 0 Å². The second-order valence-electron chi connectivity index (χ2n) is 4.52. The lowest BCUT2D eigenvalue weighted by Gasteiger charge is -2.11. The lowest BCUT2D eigenvalue weighted by molar-refractivity contribution is -0.141. The van der Waals surface area contributed by atoms with Gasteiger partial charge in [-0.3, -0.25) is 4.79 Å². The summed E-state index contributed by atoms with van der Waals surface area (Å²) in [5.41, 5.74) is 0.939. The molecule has 94 valence electrons. The second-order valence-corrected chi connectivity index (χ2v) is 4.52. The van der Waals surface area contributed by atoms with Gasteiger partial charge in [0.2, 0.25) is 0 Å². The Morgan fingerprint density at radius 3 is 2.24 bits per heavy atom. The number of hydrogen-bond donors (Lipinski definition) is 0. The first-order chi connectivity index (χ1) is 8.04. The van der Waals surface area contributed by atoms with Gasteiger partial charge in [-0.15, -0.1) is 0 Å². The summed E-state index contributed by atoms with van der Waals surface area (Å²) in [5, 5.41) is 0. The third kappa shape index (κ3) is 4.10. The molecule has 3 nitrogen and oxygen atoms in total. The Morgan fingerprint density at radius 1 is 1.18 bits per heavy atom. The summed E-state index contributed by atoms with van der Waals surface area (Å²) in [6, 6.07) is 7.57. The van der Waals surface area contributed by atoms with E-state index < -0.39 is 0 Å². The van der Waals surface area contributed by atoms with Crippen LogP contribution in [0.15, 0.2) is 24.3 Å². The fraction of sp³-hybridized carbons (Fsp3) is 0.500. The molecule has 0 N–H and O–H groups in total. The highest BCUT2D eigenvalue weighted by atomic mass is 16.5. The minimum atomic E-state index is -0.237. The zero-order valence-electron chi connectivity index (χ0n) is 10.9. The molecule has 0 aliphatic carbocycles. The number of benzene rings is 1. The number of carbonyl (C=O) groups is 1. The van der Waals surface area contributed by atoms with Gasteiger partial charge in [0.15, 0.2) is 0 Å². The van der Waals surface area contributed by atoms with Gasteiger partial charge in [-0.05, 0) is 30.5 Å². The average Bonchev–Trinajstić information content (AvgIpc) is 2.35. The van der Waals surface area contributed by atoms with E-state index in [1.54, 1.807) is 0 Å².